The summed E-state index contributed by atoms with van der Waals surface area (Å²) in [6.07, 6.45) is 6.87. The molecule has 4 saturated carbocycles. The summed E-state index contributed by atoms with van der Waals surface area (Å²) < 4.78 is 4.89. The lowest BCUT2D eigenvalue weighted by Crippen LogP contribution is -2.56. The lowest BCUT2D eigenvalue weighted by atomic mass is 9.54. The predicted octanol–water partition coefficient (Wildman–Crippen LogP) is 1.57. The summed E-state index contributed by atoms with van der Waals surface area (Å²) in [5, 5.41) is 3.20. The van der Waals surface area contributed by atoms with E-state index in [0.29, 0.717) is 6.04 Å². The molecule has 0 aromatic carbocycles. The highest BCUT2D eigenvalue weighted by atomic mass is 16.5. The highest BCUT2D eigenvalue weighted by molar-refractivity contribution is 5.77. The molecule has 4 bridgehead atoms. The zero-order valence-corrected chi connectivity index (χ0v) is 9.95. The molecule has 1 N–H and O–H groups in total. The van der Waals surface area contributed by atoms with Gasteiger partial charge in [-0.1, -0.05) is 0 Å². The Morgan fingerprint density at radius 3 is 2.19 bits per heavy atom. The van der Waals surface area contributed by atoms with E-state index < -0.39 is 0 Å². The minimum Gasteiger partial charge on any atom is -0.375 e. The summed E-state index contributed by atoms with van der Waals surface area (Å²) >= 11 is 0. The van der Waals surface area contributed by atoms with E-state index in [9.17, 15) is 4.79 Å². The van der Waals surface area contributed by atoms with Crippen LogP contribution in [0.25, 0.3) is 0 Å². The molecule has 3 heteroatoms. The molecule has 0 spiro atoms. The van der Waals surface area contributed by atoms with E-state index in [1.165, 1.54) is 32.1 Å². The van der Waals surface area contributed by atoms with Crippen molar-refractivity contribution in [2.24, 2.45) is 23.7 Å². The Bertz CT molecular complexity index is 262. The third kappa shape index (κ3) is 1.75. The van der Waals surface area contributed by atoms with Crippen LogP contribution in [0.3, 0.4) is 0 Å². The number of ether oxygens (including phenoxy) is 1. The van der Waals surface area contributed by atoms with Gasteiger partial charge in [0.05, 0.1) is 0 Å². The molecule has 4 fully saturated rings. The summed E-state index contributed by atoms with van der Waals surface area (Å²) in [4.78, 5) is 11.6. The molecule has 0 atom stereocenters. The van der Waals surface area contributed by atoms with Crippen molar-refractivity contribution in [1.82, 2.24) is 5.32 Å². The first-order chi connectivity index (χ1) is 7.76. The van der Waals surface area contributed by atoms with Crippen LogP contribution in [0, 0.1) is 23.7 Å². The van der Waals surface area contributed by atoms with Crippen molar-refractivity contribution in [1.29, 1.82) is 0 Å². The average molecular weight is 223 g/mol. The molecule has 0 heterocycles. The molecule has 0 aromatic heterocycles. The largest absolute Gasteiger partial charge is 0.375 e. The van der Waals surface area contributed by atoms with E-state index in [0.717, 1.165) is 23.7 Å². The van der Waals surface area contributed by atoms with Crippen molar-refractivity contribution >= 4 is 5.91 Å². The minimum absolute atomic E-state index is 0.0694. The maximum Gasteiger partial charge on any atom is 0.246 e. The first-order valence-electron chi connectivity index (χ1n) is 6.54. The van der Waals surface area contributed by atoms with Crippen LogP contribution in [0.4, 0.5) is 0 Å². The van der Waals surface area contributed by atoms with Gasteiger partial charge in [0.25, 0.3) is 0 Å². The van der Waals surface area contributed by atoms with Crippen molar-refractivity contribution in [2.45, 2.75) is 38.1 Å². The molecule has 0 aliphatic heterocycles. The van der Waals surface area contributed by atoms with Crippen LogP contribution >= 0.6 is 0 Å². The zero-order chi connectivity index (χ0) is 11.1. The first kappa shape index (κ1) is 10.6. The van der Waals surface area contributed by atoms with Gasteiger partial charge in [0, 0.05) is 13.2 Å². The number of rotatable bonds is 3. The maximum absolute atomic E-state index is 11.6. The maximum atomic E-state index is 11.6. The number of methoxy groups -OCH3 is 1. The van der Waals surface area contributed by atoms with Gasteiger partial charge in [-0.2, -0.15) is 0 Å². The topological polar surface area (TPSA) is 38.3 Å². The average Bonchev–Trinajstić information content (AvgIpc) is 2.23. The van der Waals surface area contributed by atoms with Gasteiger partial charge in [-0.15, -0.1) is 0 Å². The lowest BCUT2D eigenvalue weighted by molar-refractivity contribution is -0.128. The van der Waals surface area contributed by atoms with E-state index in [4.69, 9.17) is 4.74 Å². The molecule has 4 rings (SSSR count). The van der Waals surface area contributed by atoms with E-state index in [1.807, 2.05) is 0 Å². The van der Waals surface area contributed by atoms with Crippen LogP contribution in [0.1, 0.15) is 32.1 Å². The Labute approximate surface area is 96.9 Å². The third-order valence-electron chi connectivity index (χ3n) is 4.83. The number of nitrogens with one attached hydrogen (secondary N) is 1. The van der Waals surface area contributed by atoms with E-state index in [2.05, 4.69) is 5.32 Å². The molecule has 0 saturated heterocycles. The Morgan fingerprint density at radius 1 is 1.12 bits per heavy atom. The molecule has 4 aliphatic rings. The normalized spacial score (nSPS) is 44.7. The molecule has 3 nitrogen and oxygen atoms in total. The summed E-state index contributed by atoms with van der Waals surface area (Å²) in [6, 6.07) is 0.454. The summed E-state index contributed by atoms with van der Waals surface area (Å²) in [7, 11) is 1.58. The fourth-order valence-corrected chi connectivity index (χ4v) is 4.52. The van der Waals surface area contributed by atoms with Gasteiger partial charge in [-0.05, 0) is 55.8 Å². The van der Waals surface area contributed by atoms with Crippen molar-refractivity contribution in [3.05, 3.63) is 0 Å². The Balaban J connectivity index is 1.65. The van der Waals surface area contributed by atoms with Gasteiger partial charge in [0.2, 0.25) is 5.91 Å². The highest BCUT2D eigenvalue weighted by Crippen LogP contribution is 2.53. The van der Waals surface area contributed by atoms with E-state index >= 15 is 0 Å². The van der Waals surface area contributed by atoms with Gasteiger partial charge in [0.15, 0.2) is 0 Å². The fourth-order valence-electron chi connectivity index (χ4n) is 4.52. The fraction of sp³-hybridized carbons (Fsp3) is 0.923. The second-order valence-electron chi connectivity index (χ2n) is 5.96. The third-order valence-corrected chi connectivity index (χ3v) is 4.83. The van der Waals surface area contributed by atoms with Crippen LogP contribution in [-0.2, 0) is 9.53 Å². The van der Waals surface area contributed by atoms with Gasteiger partial charge < -0.3 is 10.1 Å². The molecule has 0 radical (unpaired) electrons. The number of carbonyl (C=O) groups is 1. The van der Waals surface area contributed by atoms with Crippen molar-refractivity contribution in [2.75, 3.05) is 13.7 Å². The molecule has 0 unspecified atom stereocenters. The second kappa shape index (κ2) is 4.02. The van der Waals surface area contributed by atoms with Crippen LogP contribution < -0.4 is 5.32 Å². The molecule has 4 aliphatic carbocycles. The smallest absolute Gasteiger partial charge is 0.246 e. The van der Waals surface area contributed by atoms with Crippen molar-refractivity contribution in [3.8, 4) is 0 Å². The van der Waals surface area contributed by atoms with Crippen LogP contribution in [0.15, 0.2) is 0 Å². The summed E-state index contributed by atoms with van der Waals surface area (Å²) in [5.41, 5.74) is 0. The molecule has 0 aromatic rings. The van der Waals surface area contributed by atoms with Crippen LogP contribution in [0.2, 0.25) is 0 Å². The first-order valence-corrected chi connectivity index (χ1v) is 6.54. The van der Waals surface area contributed by atoms with E-state index in [1.54, 1.807) is 7.11 Å². The SMILES string of the molecule is COCC(=O)NC1C2CC3CC(C2)CC1C3. The zero-order valence-electron chi connectivity index (χ0n) is 9.95. The van der Waals surface area contributed by atoms with Crippen LogP contribution in [0.5, 0.6) is 0 Å². The Morgan fingerprint density at radius 2 is 1.69 bits per heavy atom. The number of hydrogen-bond acceptors (Lipinski definition) is 2. The van der Waals surface area contributed by atoms with Gasteiger partial charge >= 0.3 is 0 Å². The van der Waals surface area contributed by atoms with Gasteiger partial charge in [0.1, 0.15) is 6.61 Å². The van der Waals surface area contributed by atoms with Crippen LogP contribution in [-0.4, -0.2) is 25.7 Å². The number of amides is 1. The second-order valence-corrected chi connectivity index (χ2v) is 5.96. The molecular formula is C13H21NO2. The van der Waals surface area contributed by atoms with E-state index in [-0.39, 0.29) is 12.5 Å². The summed E-state index contributed by atoms with van der Waals surface area (Å²) in [6.45, 7) is 0.211. The van der Waals surface area contributed by atoms with Gasteiger partial charge in [-0.3, -0.25) is 4.79 Å². The number of carbonyl (C=O) groups excluding carboxylic acids is 1. The highest BCUT2D eigenvalue weighted by Gasteiger charge is 2.48. The minimum atomic E-state index is 0.0694. The summed E-state index contributed by atoms with van der Waals surface area (Å²) in [5.74, 6) is 3.53. The molecule has 16 heavy (non-hydrogen) atoms. The van der Waals surface area contributed by atoms with Crippen molar-refractivity contribution < 1.29 is 9.53 Å². The predicted molar refractivity (Wildman–Crippen MR) is 60.9 cm³/mol. The molecule has 90 valence electrons. The Kier molecular flexibility index (Phi) is 2.66. The monoisotopic (exact) mass is 223 g/mol. The number of hydrogen-bond donors (Lipinski definition) is 1. The molecule has 1 amide bonds. The van der Waals surface area contributed by atoms with Gasteiger partial charge in [-0.25, -0.2) is 0 Å². The molecular weight excluding hydrogens is 202 g/mol. The quantitative estimate of drug-likeness (QED) is 0.788. The lowest BCUT2D eigenvalue weighted by Gasteiger charge is -2.54. The standard InChI is InChI=1S/C13H21NO2/c1-16-7-12(15)14-13-10-3-8-2-9(5-10)6-11(13)4-8/h8-11,13H,2-7H2,1H3,(H,14,15). The Hall–Kier alpha value is -0.570. The van der Waals surface area contributed by atoms with Crippen molar-refractivity contribution in [3.63, 3.8) is 0 Å².